The zero-order valence-electron chi connectivity index (χ0n) is 13.7. The summed E-state index contributed by atoms with van der Waals surface area (Å²) in [6, 6.07) is 12.4. The second-order valence-electron chi connectivity index (χ2n) is 5.34. The van der Waals surface area contributed by atoms with E-state index in [2.05, 4.69) is 26.3 Å². The van der Waals surface area contributed by atoms with E-state index in [9.17, 15) is 4.79 Å². The van der Waals surface area contributed by atoms with Crippen molar-refractivity contribution in [2.75, 3.05) is 5.32 Å². The van der Waals surface area contributed by atoms with E-state index in [1.165, 1.54) is 0 Å². The second kappa shape index (κ2) is 8.12. The number of hydrogen-bond acceptors (Lipinski definition) is 3. The molecule has 0 bridgehead atoms. The van der Waals surface area contributed by atoms with Gasteiger partial charge in [-0.3, -0.25) is 4.79 Å². The minimum absolute atomic E-state index is 0.117. The highest BCUT2D eigenvalue weighted by Gasteiger charge is 2.12. The summed E-state index contributed by atoms with van der Waals surface area (Å²) in [7, 11) is 0. The van der Waals surface area contributed by atoms with Crippen LogP contribution in [0, 0.1) is 0 Å². The summed E-state index contributed by atoms with van der Waals surface area (Å²) in [5.41, 5.74) is 1.38. The third-order valence-electron chi connectivity index (χ3n) is 3.49. The molecular formula is C18H14BrCl2N3O2. The summed E-state index contributed by atoms with van der Waals surface area (Å²) in [5.74, 6) is 0.780. The molecule has 3 rings (SSSR count). The van der Waals surface area contributed by atoms with E-state index in [1.54, 1.807) is 48.1 Å². The molecule has 0 aliphatic carbocycles. The fourth-order valence-electron chi connectivity index (χ4n) is 2.15. The number of rotatable bonds is 5. The number of benzene rings is 2. The monoisotopic (exact) mass is 453 g/mol. The van der Waals surface area contributed by atoms with Crippen molar-refractivity contribution in [3.8, 4) is 17.3 Å². The van der Waals surface area contributed by atoms with Crippen molar-refractivity contribution in [2.24, 2.45) is 0 Å². The summed E-state index contributed by atoms with van der Waals surface area (Å²) < 4.78 is 8.13. The van der Waals surface area contributed by atoms with Crippen molar-refractivity contribution in [3.05, 3.63) is 63.2 Å². The molecule has 0 saturated heterocycles. The van der Waals surface area contributed by atoms with Crippen LogP contribution >= 0.6 is 39.1 Å². The van der Waals surface area contributed by atoms with Gasteiger partial charge in [-0.15, -0.1) is 5.10 Å². The molecule has 0 saturated carbocycles. The Balaban J connectivity index is 1.80. The Morgan fingerprint density at radius 1 is 1.23 bits per heavy atom. The lowest BCUT2D eigenvalue weighted by Gasteiger charge is -2.10. The number of carbonyl (C=O) groups excluding carboxylic acids is 1. The van der Waals surface area contributed by atoms with Crippen LogP contribution in [0.5, 0.6) is 11.6 Å². The van der Waals surface area contributed by atoms with Gasteiger partial charge in [-0.1, -0.05) is 30.1 Å². The summed E-state index contributed by atoms with van der Waals surface area (Å²) in [6.07, 6.45) is 2.15. The molecule has 5 nitrogen and oxygen atoms in total. The van der Waals surface area contributed by atoms with Gasteiger partial charge >= 0.3 is 0 Å². The highest BCUT2D eigenvalue weighted by Crippen LogP contribution is 2.36. The molecule has 2 aromatic carbocycles. The third kappa shape index (κ3) is 4.38. The maximum atomic E-state index is 11.5. The molecule has 0 unspecified atom stereocenters. The van der Waals surface area contributed by atoms with Crippen LogP contribution in [-0.4, -0.2) is 15.7 Å². The largest absolute Gasteiger partial charge is 0.436 e. The Labute approximate surface area is 169 Å². The first kappa shape index (κ1) is 18.8. The van der Waals surface area contributed by atoms with Gasteiger partial charge in [0.1, 0.15) is 5.75 Å². The fraction of sp³-hybridized carbons (Fsp3) is 0.111. The van der Waals surface area contributed by atoms with Gasteiger partial charge < -0.3 is 10.1 Å². The van der Waals surface area contributed by atoms with E-state index in [1.807, 2.05) is 12.1 Å². The van der Waals surface area contributed by atoms with Crippen molar-refractivity contribution in [1.82, 2.24) is 9.78 Å². The van der Waals surface area contributed by atoms with Gasteiger partial charge in [0.15, 0.2) is 0 Å². The summed E-state index contributed by atoms with van der Waals surface area (Å²) in [4.78, 5) is 11.5. The van der Waals surface area contributed by atoms with E-state index in [0.29, 0.717) is 38.3 Å². The van der Waals surface area contributed by atoms with Gasteiger partial charge in [0.05, 0.1) is 20.9 Å². The van der Waals surface area contributed by atoms with E-state index in [0.717, 1.165) is 5.69 Å². The van der Waals surface area contributed by atoms with Crippen LogP contribution in [0.15, 0.2) is 53.1 Å². The Bertz CT molecular complexity index is 942. The molecule has 1 heterocycles. The van der Waals surface area contributed by atoms with Crippen LogP contribution in [0.1, 0.15) is 13.3 Å². The van der Waals surface area contributed by atoms with Gasteiger partial charge in [0, 0.05) is 29.8 Å². The van der Waals surface area contributed by atoms with Crippen LogP contribution in [0.2, 0.25) is 10.0 Å². The number of carbonyl (C=O) groups is 1. The van der Waals surface area contributed by atoms with Crippen molar-refractivity contribution < 1.29 is 9.53 Å². The lowest BCUT2D eigenvalue weighted by Crippen LogP contribution is -2.09. The quantitative estimate of drug-likeness (QED) is 0.508. The predicted octanol–water partition coefficient (Wildman–Crippen LogP) is 6.08. The SMILES string of the molecule is CCC(=O)Nc1cc(Br)c(Oc2ccn(-c3ccc(Cl)cc3)n2)cc1Cl. The minimum Gasteiger partial charge on any atom is -0.436 e. The molecule has 1 amide bonds. The van der Waals surface area contributed by atoms with Gasteiger partial charge in [0.25, 0.3) is 0 Å². The molecule has 0 aliphatic heterocycles. The molecule has 134 valence electrons. The Morgan fingerprint density at radius 3 is 2.65 bits per heavy atom. The minimum atomic E-state index is -0.117. The molecule has 1 aromatic heterocycles. The van der Waals surface area contributed by atoms with Crippen molar-refractivity contribution >= 4 is 50.7 Å². The van der Waals surface area contributed by atoms with Crippen molar-refractivity contribution in [1.29, 1.82) is 0 Å². The van der Waals surface area contributed by atoms with E-state index in [4.69, 9.17) is 27.9 Å². The maximum Gasteiger partial charge on any atom is 0.238 e. The summed E-state index contributed by atoms with van der Waals surface area (Å²) >= 11 is 15.6. The normalized spacial score (nSPS) is 10.6. The first-order valence-electron chi connectivity index (χ1n) is 7.74. The molecule has 1 N–H and O–H groups in total. The number of amides is 1. The Morgan fingerprint density at radius 2 is 1.96 bits per heavy atom. The van der Waals surface area contributed by atoms with Crippen LogP contribution in [-0.2, 0) is 4.79 Å². The van der Waals surface area contributed by atoms with Gasteiger partial charge in [-0.05, 0) is 46.3 Å². The second-order valence-corrected chi connectivity index (χ2v) is 7.04. The highest BCUT2D eigenvalue weighted by atomic mass is 79.9. The standard InChI is InChI=1S/C18H14BrCl2N3O2/c1-2-17(25)22-15-9-13(19)16(10-14(15)21)26-18-7-8-24(23-18)12-5-3-11(20)4-6-12/h3-10H,2H2,1H3,(H,22,25). The van der Waals surface area contributed by atoms with Crippen molar-refractivity contribution in [2.45, 2.75) is 13.3 Å². The molecule has 26 heavy (non-hydrogen) atoms. The van der Waals surface area contributed by atoms with Crippen LogP contribution in [0.25, 0.3) is 5.69 Å². The number of nitrogens with zero attached hydrogens (tertiary/aromatic N) is 2. The van der Waals surface area contributed by atoms with Crippen LogP contribution in [0.3, 0.4) is 0 Å². The van der Waals surface area contributed by atoms with Crippen LogP contribution < -0.4 is 10.1 Å². The molecule has 8 heteroatoms. The predicted molar refractivity (Wildman–Crippen MR) is 107 cm³/mol. The molecule has 0 spiro atoms. The Hall–Kier alpha value is -2.02. The molecule has 0 atom stereocenters. The smallest absolute Gasteiger partial charge is 0.238 e. The fourth-order valence-corrected chi connectivity index (χ4v) is 2.90. The first-order valence-corrected chi connectivity index (χ1v) is 9.29. The maximum absolute atomic E-state index is 11.5. The summed E-state index contributed by atoms with van der Waals surface area (Å²) in [5, 5.41) is 8.15. The topological polar surface area (TPSA) is 56.1 Å². The molecular weight excluding hydrogens is 441 g/mol. The third-order valence-corrected chi connectivity index (χ3v) is 4.67. The number of aromatic nitrogens is 2. The first-order chi connectivity index (χ1) is 12.5. The zero-order chi connectivity index (χ0) is 18.7. The van der Waals surface area contributed by atoms with Crippen molar-refractivity contribution in [3.63, 3.8) is 0 Å². The van der Waals surface area contributed by atoms with Crippen LogP contribution in [0.4, 0.5) is 5.69 Å². The van der Waals surface area contributed by atoms with E-state index in [-0.39, 0.29) is 5.91 Å². The lowest BCUT2D eigenvalue weighted by molar-refractivity contribution is -0.115. The molecule has 0 radical (unpaired) electrons. The number of halogens is 3. The number of anilines is 1. The zero-order valence-corrected chi connectivity index (χ0v) is 16.8. The lowest BCUT2D eigenvalue weighted by atomic mass is 10.3. The highest BCUT2D eigenvalue weighted by molar-refractivity contribution is 9.10. The Kier molecular flexibility index (Phi) is 5.86. The average Bonchev–Trinajstić information content (AvgIpc) is 3.08. The number of nitrogens with one attached hydrogen (secondary N) is 1. The van der Waals surface area contributed by atoms with Gasteiger partial charge in [0.2, 0.25) is 11.8 Å². The van der Waals surface area contributed by atoms with Gasteiger partial charge in [-0.2, -0.15) is 0 Å². The van der Waals surface area contributed by atoms with Gasteiger partial charge in [-0.25, -0.2) is 4.68 Å². The number of ether oxygens (including phenoxy) is 1. The average molecular weight is 455 g/mol. The number of hydrogen-bond donors (Lipinski definition) is 1. The molecule has 3 aromatic rings. The van der Waals surface area contributed by atoms with E-state index >= 15 is 0 Å². The molecule has 0 aliphatic rings. The van der Waals surface area contributed by atoms with E-state index < -0.39 is 0 Å². The molecule has 0 fully saturated rings. The summed E-state index contributed by atoms with van der Waals surface area (Å²) in [6.45, 7) is 1.77.